The number of nitrogens with one attached hydrogen (secondary N) is 1. The number of carboxylic acid groups (broad SMARTS) is 1. The maximum atomic E-state index is 12.0. The number of carbonyl (C=O) groups is 2. The van der Waals surface area contributed by atoms with Crippen molar-refractivity contribution in [1.82, 2.24) is 10.2 Å². The second-order valence-corrected chi connectivity index (χ2v) is 5.00. The van der Waals surface area contributed by atoms with Gasteiger partial charge in [-0.1, -0.05) is 30.7 Å². The van der Waals surface area contributed by atoms with Gasteiger partial charge in [0.1, 0.15) is 6.54 Å². The Morgan fingerprint density at radius 2 is 1.95 bits per heavy atom. The summed E-state index contributed by atoms with van der Waals surface area (Å²) in [5.74, 6) is -1.02. The highest BCUT2D eigenvalue weighted by Crippen LogP contribution is 2.10. The normalized spacial score (nSPS) is 11.8. The van der Waals surface area contributed by atoms with Gasteiger partial charge in [-0.15, -0.1) is 0 Å². The molecule has 1 aromatic carbocycles. The Morgan fingerprint density at radius 1 is 1.35 bits per heavy atom. The lowest BCUT2D eigenvalue weighted by Crippen LogP contribution is -2.47. The van der Waals surface area contributed by atoms with Crippen LogP contribution in [0.15, 0.2) is 24.3 Å². The van der Waals surface area contributed by atoms with Crippen LogP contribution in [0.2, 0.25) is 5.02 Å². The van der Waals surface area contributed by atoms with Gasteiger partial charge < -0.3 is 15.3 Å². The lowest BCUT2D eigenvalue weighted by atomic mass is 10.2. The Hall–Kier alpha value is -1.75. The molecule has 1 unspecified atom stereocenters. The van der Waals surface area contributed by atoms with Crippen LogP contribution in [-0.2, 0) is 11.3 Å². The lowest BCUT2D eigenvalue weighted by Gasteiger charge is -2.27. The molecular weight excluding hydrogens is 280 g/mol. The molecule has 5 nitrogen and oxygen atoms in total. The van der Waals surface area contributed by atoms with Crippen LogP contribution in [-0.4, -0.2) is 34.6 Å². The Morgan fingerprint density at radius 3 is 2.45 bits per heavy atom. The third-order valence-corrected chi connectivity index (χ3v) is 3.30. The van der Waals surface area contributed by atoms with Gasteiger partial charge >= 0.3 is 12.0 Å². The number of amides is 2. The first-order chi connectivity index (χ1) is 9.43. The van der Waals surface area contributed by atoms with Gasteiger partial charge in [0, 0.05) is 17.6 Å². The topological polar surface area (TPSA) is 69.6 Å². The van der Waals surface area contributed by atoms with Gasteiger partial charge in [-0.3, -0.25) is 4.79 Å². The van der Waals surface area contributed by atoms with E-state index in [1.807, 2.05) is 26.0 Å². The number of benzene rings is 1. The Bertz CT molecular complexity index is 462. The minimum Gasteiger partial charge on any atom is -0.480 e. The predicted molar refractivity (Wildman–Crippen MR) is 77.8 cm³/mol. The molecule has 20 heavy (non-hydrogen) atoms. The fraction of sp³-hybridized carbons (Fsp3) is 0.429. The largest absolute Gasteiger partial charge is 0.480 e. The Labute approximate surface area is 123 Å². The third kappa shape index (κ3) is 5.09. The maximum absolute atomic E-state index is 12.0. The summed E-state index contributed by atoms with van der Waals surface area (Å²) in [7, 11) is 0. The molecule has 0 bridgehead atoms. The molecular formula is C14H19ClN2O3. The van der Waals surface area contributed by atoms with Crippen LogP contribution in [0.5, 0.6) is 0 Å². The summed E-state index contributed by atoms with van der Waals surface area (Å²) in [5, 5.41) is 12.2. The molecule has 0 fully saturated rings. The highest BCUT2D eigenvalue weighted by atomic mass is 35.5. The van der Waals surface area contributed by atoms with Gasteiger partial charge in [-0.05, 0) is 31.0 Å². The molecule has 0 aromatic heterocycles. The van der Waals surface area contributed by atoms with Crippen molar-refractivity contribution in [3.05, 3.63) is 34.9 Å². The van der Waals surface area contributed by atoms with Crippen LogP contribution >= 0.6 is 11.6 Å². The first-order valence-electron chi connectivity index (χ1n) is 6.44. The number of nitrogens with zero attached hydrogens (tertiary/aromatic N) is 1. The number of carboxylic acids is 1. The van der Waals surface area contributed by atoms with E-state index in [4.69, 9.17) is 16.7 Å². The molecule has 6 heteroatoms. The minimum absolute atomic E-state index is 0.128. The first-order valence-corrected chi connectivity index (χ1v) is 6.82. The van der Waals surface area contributed by atoms with E-state index >= 15 is 0 Å². The number of urea groups is 1. The van der Waals surface area contributed by atoms with E-state index in [9.17, 15) is 9.59 Å². The molecule has 0 radical (unpaired) electrons. The molecule has 1 rings (SSSR count). The van der Waals surface area contributed by atoms with E-state index < -0.39 is 5.97 Å². The standard InChI is InChI=1S/C14H19ClN2O3/c1-3-10(2)17(9-13(18)19)14(20)16-8-11-4-6-12(15)7-5-11/h4-7,10H,3,8-9H2,1-2H3,(H,16,20)(H,18,19). The Kier molecular flexibility index (Phi) is 6.31. The lowest BCUT2D eigenvalue weighted by molar-refractivity contribution is -0.138. The summed E-state index contributed by atoms with van der Waals surface area (Å²) in [4.78, 5) is 24.2. The highest BCUT2D eigenvalue weighted by molar-refractivity contribution is 6.30. The molecule has 1 aromatic rings. The summed E-state index contributed by atoms with van der Waals surface area (Å²) in [5.41, 5.74) is 0.905. The van der Waals surface area contributed by atoms with Crippen molar-refractivity contribution in [2.75, 3.05) is 6.54 Å². The summed E-state index contributed by atoms with van der Waals surface area (Å²) in [6.07, 6.45) is 0.696. The predicted octanol–water partition coefficient (Wildman–Crippen LogP) is 2.73. The summed E-state index contributed by atoms with van der Waals surface area (Å²) in [6.45, 7) is 3.76. The van der Waals surface area contributed by atoms with Crippen molar-refractivity contribution in [3.8, 4) is 0 Å². The van der Waals surface area contributed by atoms with E-state index in [0.717, 1.165) is 5.56 Å². The second-order valence-electron chi connectivity index (χ2n) is 4.56. The van der Waals surface area contributed by atoms with Gasteiger partial charge in [0.2, 0.25) is 0 Å². The maximum Gasteiger partial charge on any atom is 0.323 e. The number of aliphatic carboxylic acids is 1. The van der Waals surface area contributed by atoms with Gasteiger partial charge in [0.25, 0.3) is 0 Å². The molecule has 0 heterocycles. The van der Waals surface area contributed by atoms with E-state index in [2.05, 4.69) is 5.32 Å². The highest BCUT2D eigenvalue weighted by Gasteiger charge is 2.21. The van der Waals surface area contributed by atoms with Crippen LogP contribution in [0.1, 0.15) is 25.8 Å². The van der Waals surface area contributed by atoms with E-state index in [0.29, 0.717) is 18.0 Å². The van der Waals surface area contributed by atoms with Crippen molar-refractivity contribution in [1.29, 1.82) is 0 Å². The SMILES string of the molecule is CCC(C)N(CC(=O)O)C(=O)NCc1ccc(Cl)cc1. The number of carbonyl (C=O) groups excluding carboxylic acids is 1. The van der Waals surface area contributed by atoms with Crippen LogP contribution in [0, 0.1) is 0 Å². The van der Waals surface area contributed by atoms with Crippen LogP contribution in [0.25, 0.3) is 0 Å². The zero-order valence-electron chi connectivity index (χ0n) is 11.6. The molecule has 0 spiro atoms. The van der Waals surface area contributed by atoms with Crippen LogP contribution in [0.4, 0.5) is 4.79 Å². The molecule has 0 aliphatic heterocycles. The van der Waals surface area contributed by atoms with Gasteiger partial charge in [0.05, 0.1) is 0 Å². The molecule has 1 atom stereocenters. The summed E-state index contributed by atoms with van der Waals surface area (Å²) in [6, 6.07) is 6.60. The van der Waals surface area contributed by atoms with Crippen molar-refractivity contribution < 1.29 is 14.7 Å². The van der Waals surface area contributed by atoms with Crippen LogP contribution in [0.3, 0.4) is 0 Å². The fourth-order valence-corrected chi connectivity index (χ4v) is 1.80. The number of hydrogen-bond donors (Lipinski definition) is 2. The van der Waals surface area contributed by atoms with Crippen molar-refractivity contribution in [3.63, 3.8) is 0 Å². The van der Waals surface area contributed by atoms with E-state index in [1.54, 1.807) is 12.1 Å². The molecule has 0 saturated carbocycles. The molecule has 0 aliphatic rings. The van der Waals surface area contributed by atoms with Gasteiger partial charge in [0.15, 0.2) is 0 Å². The Balaban J connectivity index is 2.61. The summed E-state index contributed by atoms with van der Waals surface area (Å²) < 4.78 is 0. The molecule has 0 saturated heterocycles. The fourth-order valence-electron chi connectivity index (χ4n) is 1.68. The minimum atomic E-state index is -1.02. The zero-order valence-corrected chi connectivity index (χ0v) is 12.4. The molecule has 2 amide bonds. The second kappa shape index (κ2) is 7.75. The quantitative estimate of drug-likeness (QED) is 0.848. The number of hydrogen-bond acceptors (Lipinski definition) is 2. The average molecular weight is 299 g/mol. The molecule has 2 N–H and O–H groups in total. The summed E-state index contributed by atoms with van der Waals surface area (Å²) >= 11 is 5.78. The smallest absolute Gasteiger partial charge is 0.323 e. The number of rotatable bonds is 6. The van der Waals surface area contributed by atoms with Crippen molar-refractivity contribution in [2.45, 2.75) is 32.9 Å². The van der Waals surface area contributed by atoms with Crippen molar-refractivity contribution >= 4 is 23.6 Å². The van der Waals surface area contributed by atoms with Crippen molar-refractivity contribution in [2.24, 2.45) is 0 Å². The third-order valence-electron chi connectivity index (χ3n) is 3.05. The monoisotopic (exact) mass is 298 g/mol. The number of halogens is 1. The molecule has 110 valence electrons. The zero-order chi connectivity index (χ0) is 15.1. The average Bonchev–Trinajstić information content (AvgIpc) is 2.42. The van der Waals surface area contributed by atoms with E-state index in [-0.39, 0.29) is 18.6 Å². The van der Waals surface area contributed by atoms with Gasteiger partial charge in [-0.2, -0.15) is 0 Å². The van der Waals surface area contributed by atoms with Crippen LogP contribution < -0.4 is 5.32 Å². The molecule has 0 aliphatic carbocycles. The van der Waals surface area contributed by atoms with E-state index in [1.165, 1.54) is 4.90 Å². The van der Waals surface area contributed by atoms with Gasteiger partial charge in [-0.25, -0.2) is 4.79 Å². The first kappa shape index (κ1) is 16.3.